The Morgan fingerprint density at radius 3 is 0.864 bits per heavy atom. The molecule has 0 aliphatic heterocycles. The molecule has 8 aliphatic rings. The predicted molar refractivity (Wildman–Crippen MR) is 84.0 cm³/mol. The van der Waals surface area contributed by atoms with Gasteiger partial charge in [0.2, 0.25) is 0 Å². The van der Waals surface area contributed by atoms with Gasteiger partial charge in [0.15, 0.2) is 0 Å². The first kappa shape index (κ1) is 13.2. The Balaban J connectivity index is 1.45. The van der Waals surface area contributed by atoms with Gasteiger partial charge in [0.05, 0.1) is 11.2 Å². The summed E-state index contributed by atoms with van der Waals surface area (Å²) in [7, 11) is 0. The first-order valence-corrected chi connectivity index (χ1v) is 10.0. The molecular weight excluding hydrogens is 272 g/mol. The predicted octanol–water partition coefficient (Wildman–Crippen LogP) is 3.36. The summed E-state index contributed by atoms with van der Waals surface area (Å²) >= 11 is 0. The van der Waals surface area contributed by atoms with Crippen LogP contribution in [0.1, 0.15) is 64.2 Å². The largest absolute Gasteiger partial charge is 0.386 e. The summed E-state index contributed by atoms with van der Waals surface area (Å²) < 4.78 is 0. The molecule has 0 aromatic carbocycles. The van der Waals surface area contributed by atoms with E-state index in [4.69, 9.17) is 0 Å². The molecule has 2 N–H and O–H groups in total. The Kier molecular flexibility index (Phi) is 2.37. The second kappa shape index (κ2) is 3.94. The van der Waals surface area contributed by atoms with Crippen LogP contribution in [0.5, 0.6) is 0 Å². The van der Waals surface area contributed by atoms with Gasteiger partial charge in [0.1, 0.15) is 0 Å². The zero-order valence-electron chi connectivity index (χ0n) is 13.6. The van der Waals surface area contributed by atoms with E-state index in [0.29, 0.717) is 23.7 Å². The Bertz CT molecular complexity index is 408. The van der Waals surface area contributed by atoms with E-state index in [1.54, 1.807) is 0 Å². The fraction of sp³-hybridized carbons (Fsp3) is 1.00. The van der Waals surface area contributed by atoms with Crippen molar-refractivity contribution in [2.75, 3.05) is 0 Å². The molecule has 8 fully saturated rings. The normalized spacial score (nSPS) is 67.9. The van der Waals surface area contributed by atoms with E-state index < -0.39 is 11.2 Å². The van der Waals surface area contributed by atoms with Gasteiger partial charge in [-0.15, -0.1) is 0 Å². The molecule has 0 spiro atoms. The van der Waals surface area contributed by atoms with E-state index in [2.05, 4.69) is 0 Å². The third-order valence-electron chi connectivity index (χ3n) is 9.41. The average Bonchev–Trinajstić information content (AvgIpc) is 2.48. The van der Waals surface area contributed by atoms with Crippen molar-refractivity contribution in [1.29, 1.82) is 0 Å². The first-order valence-electron chi connectivity index (χ1n) is 10.0. The zero-order chi connectivity index (χ0) is 14.7. The zero-order valence-corrected chi connectivity index (χ0v) is 13.6. The maximum absolute atomic E-state index is 12.0. The summed E-state index contributed by atoms with van der Waals surface area (Å²) in [4.78, 5) is 0. The summed E-state index contributed by atoms with van der Waals surface area (Å²) in [5, 5.41) is 24.1. The van der Waals surface area contributed by atoms with Crippen LogP contribution in [-0.2, 0) is 0 Å². The maximum Gasteiger partial charge on any atom is 0.0995 e. The molecule has 0 saturated heterocycles. The van der Waals surface area contributed by atoms with Crippen molar-refractivity contribution in [1.82, 2.24) is 0 Å². The molecule has 2 heteroatoms. The minimum absolute atomic E-state index is 0.409. The number of rotatable bonds is 1. The fourth-order valence-corrected chi connectivity index (χ4v) is 9.11. The van der Waals surface area contributed by atoms with Gasteiger partial charge >= 0.3 is 0 Å². The maximum atomic E-state index is 12.0. The molecule has 122 valence electrons. The lowest BCUT2D eigenvalue weighted by Gasteiger charge is -2.70. The van der Waals surface area contributed by atoms with Crippen molar-refractivity contribution in [3.63, 3.8) is 0 Å². The fourth-order valence-electron chi connectivity index (χ4n) is 9.11. The van der Waals surface area contributed by atoms with Gasteiger partial charge in [-0.1, -0.05) is 0 Å². The molecule has 22 heavy (non-hydrogen) atoms. The number of hydrogen-bond donors (Lipinski definition) is 2. The van der Waals surface area contributed by atoms with Gasteiger partial charge in [-0.25, -0.2) is 0 Å². The Morgan fingerprint density at radius 1 is 0.409 bits per heavy atom. The van der Waals surface area contributed by atoms with Crippen LogP contribution < -0.4 is 0 Å². The second-order valence-corrected chi connectivity index (χ2v) is 10.3. The molecule has 0 unspecified atom stereocenters. The van der Waals surface area contributed by atoms with E-state index in [-0.39, 0.29) is 0 Å². The summed E-state index contributed by atoms with van der Waals surface area (Å²) in [5.74, 6) is 5.09. The molecule has 0 heterocycles. The van der Waals surface area contributed by atoms with Crippen LogP contribution in [0.4, 0.5) is 0 Å². The van der Waals surface area contributed by atoms with Crippen molar-refractivity contribution in [2.24, 2.45) is 47.3 Å². The van der Waals surface area contributed by atoms with Gasteiger partial charge < -0.3 is 10.2 Å². The van der Waals surface area contributed by atoms with Crippen molar-refractivity contribution in [3.8, 4) is 0 Å². The number of fused-ring (bicyclic) bond motifs is 1. The van der Waals surface area contributed by atoms with Crippen molar-refractivity contribution >= 4 is 0 Å². The highest BCUT2D eigenvalue weighted by Crippen LogP contribution is 2.69. The Morgan fingerprint density at radius 2 is 0.636 bits per heavy atom. The van der Waals surface area contributed by atoms with Crippen LogP contribution in [0.3, 0.4) is 0 Å². The molecular formula is C20H30O2. The minimum atomic E-state index is -0.733. The molecule has 8 rings (SSSR count). The number of hydrogen-bond acceptors (Lipinski definition) is 2. The lowest BCUT2D eigenvalue weighted by Crippen LogP contribution is -2.76. The highest BCUT2D eigenvalue weighted by Gasteiger charge is 2.71. The molecule has 0 amide bonds. The molecule has 2 nitrogen and oxygen atoms in total. The van der Waals surface area contributed by atoms with Crippen LogP contribution in [0.2, 0.25) is 0 Å². The minimum Gasteiger partial charge on any atom is -0.386 e. The molecule has 0 aromatic heterocycles. The molecule has 0 radical (unpaired) electrons. The standard InChI is InChI=1S/C20H30O2/c21-19(15-3-11-1-12(5-15)6-16(19)4-11)20(22)17-7-13-2-14(9-17)10-18(20)8-13/h11-18,21-22H,1-10H2. The molecule has 8 saturated carbocycles. The van der Waals surface area contributed by atoms with E-state index in [1.165, 1.54) is 64.2 Å². The lowest BCUT2D eigenvalue weighted by molar-refractivity contribution is -0.325. The van der Waals surface area contributed by atoms with Crippen molar-refractivity contribution in [3.05, 3.63) is 0 Å². The third-order valence-corrected chi connectivity index (χ3v) is 9.41. The third kappa shape index (κ3) is 1.34. The monoisotopic (exact) mass is 302 g/mol. The van der Waals surface area contributed by atoms with E-state index in [0.717, 1.165) is 23.7 Å². The SMILES string of the molecule is OC1(C2(O)C3CC4CC(C3)CC2C4)C2CC3CC(C2)CC1C3. The van der Waals surface area contributed by atoms with Gasteiger partial charge in [0, 0.05) is 0 Å². The molecule has 8 aliphatic carbocycles. The van der Waals surface area contributed by atoms with Crippen LogP contribution in [-0.4, -0.2) is 21.4 Å². The van der Waals surface area contributed by atoms with Gasteiger partial charge in [-0.3, -0.25) is 0 Å². The van der Waals surface area contributed by atoms with Gasteiger partial charge in [-0.05, 0) is 112 Å². The quantitative estimate of drug-likeness (QED) is 0.780. The van der Waals surface area contributed by atoms with Gasteiger partial charge in [0.25, 0.3) is 0 Å². The second-order valence-electron chi connectivity index (χ2n) is 10.3. The molecule has 8 bridgehead atoms. The molecule has 0 atom stereocenters. The van der Waals surface area contributed by atoms with E-state index in [1.807, 2.05) is 0 Å². The summed E-state index contributed by atoms with van der Waals surface area (Å²) in [6, 6.07) is 0. The Hall–Kier alpha value is -0.0800. The summed E-state index contributed by atoms with van der Waals surface area (Å²) in [6.07, 6.45) is 12.5. The lowest BCUT2D eigenvalue weighted by atomic mass is 9.38. The first-order chi connectivity index (χ1) is 10.6. The van der Waals surface area contributed by atoms with Crippen LogP contribution >= 0.6 is 0 Å². The van der Waals surface area contributed by atoms with Crippen molar-refractivity contribution in [2.45, 2.75) is 75.4 Å². The summed E-state index contributed by atoms with van der Waals surface area (Å²) in [5.41, 5.74) is -1.47. The van der Waals surface area contributed by atoms with Crippen LogP contribution in [0, 0.1) is 47.3 Å². The highest BCUT2D eigenvalue weighted by molar-refractivity contribution is 5.22. The highest BCUT2D eigenvalue weighted by atomic mass is 16.4. The van der Waals surface area contributed by atoms with E-state index in [9.17, 15) is 10.2 Å². The van der Waals surface area contributed by atoms with Gasteiger partial charge in [-0.2, -0.15) is 0 Å². The summed E-state index contributed by atoms with van der Waals surface area (Å²) in [6.45, 7) is 0. The molecule has 0 aromatic rings. The smallest absolute Gasteiger partial charge is 0.0995 e. The topological polar surface area (TPSA) is 40.5 Å². The van der Waals surface area contributed by atoms with Crippen LogP contribution in [0.25, 0.3) is 0 Å². The Labute approximate surface area is 133 Å². The number of aliphatic hydroxyl groups is 2. The van der Waals surface area contributed by atoms with Crippen LogP contribution in [0.15, 0.2) is 0 Å². The van der Waals surface area contributed by atoms with Crippen molar-refractivity contribution < 1.29 is 10.2 Å². The average molecular weight is 302 g/mol. The van der Waals surface area contributed by atoms with E-state index >= 15 is 0 Å².